The Hall–Kier alpha value is -1.12. The van der Waals surface area contributed by atoms with Crippen LogP contribution in [0.5, 0.6) is 0 Å². The molecule has 3 nitrogen and oxygen atoms in total. The van der Waals surface area contributed by atoms with E-state index in [1.807, 2.05) is 6.92 Å². The van der Waals surface area contributed by atoms with Crippen molar-refractivity contribution in [3.8, 4) is 0 Å². The molecule has 0 aromatic heterocycles. The molecule has 0 saturated heterocycles. The normalized spacial score (nSPS) is 17.2. The number of Topliss-reactive ketones (excluding diaryl/α,β-unsaturated/α-hetero) is 2. The lowest BCUT2D eigenvalue weighted by molar-refractivity contribution is -0.125. The summed E-state index contributed by atoms with van der Waals surface area (Å²) >= 11 is 0. The monoisotopic (exact) mass is 406 g/mol. The van der Waals surface area contributed by atoms with E-state index in [1.54, 1.807) is 0 Å². The van der Waals surface area contributed by atoms with Gasteiger partial charge in [-0.25, -0.2) is 0 Å². The summed E-state index contributed by atoms with van der Waals surface area (Å²) in [6, 6.07) is 0. The van der Waals surface area contributed by atoms with Crippen molar-refractivity contribution in [2.75, 3.05) is 0 Å². The summed E-state index contributed by atoms with van der Waals surface area (Å²) in [4.78, 5) is 24.0. The molecular formula is C26H46O3. The van der Waals surface area contributed by atoms with Gasteiger partial charge in [0.1, 0.15) is 5.76 Å². The minimum Gasteiger partial charge on any atom is -0.511 e. The van der Waals surface area contributed by atoms with Crippen molar-refractivity contribution in [2.24, 2.45) is 5.92 Å². The van der Waals surface area contributed by atoms with Crippen LogP contribution in [0.1, 0.15) is 136 Å². The third kappa shape index (κ3) is 12.2. The molecule has 3 heteroatoms. The summed E-state index contributed by atoms with van der Waals surface area (Å²) in [5.74, 6) is -0.176. The molecule has 0 aromatic rings. The lowest BCUT2D eigenvalue weighted by Gasteiger charge is -2.19. The van der Waals surface area contributed by atoms with Crippen LogP contribution < -0.4 is 0 Å². The Morgan fingerprint density at radius 1 is 0.690 bits per heavy atom. The van der Waals surface area contributed by atoms with Crippen LogP contribution in [0.2, 0.25) is 0 Å². The predicted molar refractivity (Wildman–Crippen MR) is 122 cm³/mol. The lowest BCUT2D eigenvalue weighted by atomic mass is 9.84. The molecule has 0 bridgehead atoms. The second-order valence-corrected chi connectivity index (χ2v) is 9.23. The Balaban J connectivity index is 1.92. The first-order valence-corrected chi connectivity index (χ1v) is 12.5. The molecule has 29 heavy (non-hydrogen) atoms. The highest BCUT2D eigenvalue weighted by molar-refractivity contribution is 6.22. The van der Waals surface area contributed by atoms with Crippen LogP contribution in [-0.2, 0) is 9.59 Å². The SMILES string of the molecule is CCCCCCCCCCCCCCCCCCC(O)=C1C(=O)CC(C)CC1=O. The van der Waals surface area contributed by atoms with Crippen LogP contribution in [0.15, 0.2) is 11.3 Å². The maximum absolute atomic E-state index is 12.0. The summed E-state index contributed by atoms with van der Waals surface area (Å²) in [6.45, 7) is 4.19. The number of aliphatic hydroxyl groups excluding tert-OH is 1. The van der Waals surface area contributed by atoms with E-state index in [2.05, 4.69) is 6.92 Å². The third-order valence-electron chi connectivity index (χ3n) is 6.18. The van der Waals surface area contributed by atoms with Crippen molar-refractivity contribution in [1.29, 1.82) is 0 Å². The zero-order valence-electron chi connectivity index (χ0n) is 19.3. The van der Waals surface area contributed by atoms with Gasteiger partial charge in [-0.1, -0.05) is 110 Å². The maximum atomic E-state index is 12.0. The van der Waals surface area contributed by atoms with Crippen molar-refractivity contribution in [2.45, 2.75) is 136 Å². The van der Waals surface area contributed by atoms with Crippen LogP contribution in [-0.4, -0.2) is 16.7 Å². The van der Waals surface area contributed by atoms with Crippen LogP contribution in [0.3, 0.4) is 0 Å². The number of unbranched alkanes of at least 4 members (excludes halogenated alkanes) is 15. The highest BCUT2D eigenvalue weighted by atomic mass is 16.3. The number of hydrogen-bond acceptors (Lipinski definition) is 3. The Morgan fingerprint density at radius 3 is 1.41 bits per heavy atom. The van der Waals surface area contributed by atoms with E-state index >= 15 is 0 Å². The Morgan fingerprint density at radius 2 is 1.03 bits per heavy atom. The molecule has 0 heterocycles. The van der Waals surface area contributed by atoms with E-state index in [9.17, 15) is 14.7 Å². The Bertz CT molecular complexity index is 472. The largest absolute Gasteiger partial charge is 0.511 e. The number of aliphatic hydroxyl groups is 1. The second kappa shape index (κ2) is 16.7. The third-order valence-corrected chi connectivity index (χ3v) is 6.18. The summed E-state index contributed by atoms with van der Waals surface area (Å²) in [6.07, 6.45) is 22.3. The number of ketones is 2. The Labute approximate surface area is 179 Å². The molecule has 0 aromatic carbocycles. The number of allylic oxidation sites excluding steroid dienone is 2. The van der Waals surface area contributed by atoms with Crippen LogP contribution in [0, 0.1) is 5.92 Å². The van der Waals surface area contributed by atoms with Crippen LogP contribution in [0.25, 0.3) is 0 Å². The number of rotatable bonds is 17. The molecule has 0 radical (unpaired) electrons. The zero-order chi connectivity index (χ0) is 21.3. The molecule has 1 rings (SSSR count). The van der Waals surface area contributed by atoms with Gasteiger partial charge in [0, 0.05) is 19.3 Å². The van der Waals surface area contributed by atoms with Gasteiger partial charge in [-0.15, -0.1) is 0 Å². The van der Waals surface area contributed by atoms with Crippen LogP contribution >= 0.6 is 0 Å². The molecule has 0 atom stereocenters. The van der Waals surface area contributed by atoms with Crippen molar-refractivity contribution in [3.63, 3.8) is 0 Å². The van der Waals surface area contributed by atoms with E-state index in [4.69, 9.17) is 0 Å². The lowest BCUT2D eigenvalue weighted by Crippen LogP contribution is -2.25. The van der Waals surface area contributed by atoms with Gasteiger partial charge in [-0.3, -0.25) is 9.59 Å². The fourth-order valence-corrected chi connectivity index (χ4v) is 4.35. The van der Waals surface area contributed by atoms with Gasteiger partial charge in [0.25, 0.3) is 0 Å². The molecule has 168 valence electrons. The number of hydrogen-bond donors (Lipinski definition) is 1. The summed E-state index contributed by atoms with van der Waals surface area (Å²) in [5.41, 5.74) is 0.101. The van der Waals surface area contributed by atoms with Gasteiger partial charge in [-0.05, 0) is 12.3 Å². The summed E-state index contributed by atoms with van der Waals surface area (Å²) in [5, 5.41) is 10.2. The quantitative estimate of drug-likeness (QED) is 0.115. The zero-order valence-corrected chi connectivity index (χ0v) is 19.3. The van der Waals surface area contributed by atoms with Crippen molar-refractivity contribution in [3.05, 3.63) is 11.3 Å². The molecule has 1 fully saturated rings. The minimum absolute atomic E-state index is 0.0391. The molecule has 0 spiro atoms. The molecule has 1 saturated carbocycles. The predicted octanol–water partition coefficient (Wildman–Crippen LogP) is 8.02. The second-order valence-electron chi connectivity index (χ2n) is 9.23. The van der Waals surface area contributed by atoms with Gasteiger partial charge in [0.15, 0.2) is 11.6 Å². The van der Waals surface area contributed by atoms with E-state index in [0.717, 1.165) is 12.8 Å². The van der Waals surface area contributed by atoms with E-state index in [0.29, 0.717) is 19.3 Å². The average Bonchev–Trinajstić information content (AvgIpc) is 2.67. The molecule has 0 unspecified atom stereocenters. The molecular weight excluding hydrogens is 360 g/mol. The molecule has 0 amide bonds. The fourth-order valence-electron chi connectivity index (χ4n) is 4.35. The topological polar surface area (TPSA) is 54.4 Å². The van der Waals surface area contributed by atoms with E-state index in [1.165, 1.54) is 89.9 Å². The first kappa shape index (κ1) is 25.9. The maximum Gasteiger partial charge on any atom is 0.170 e. The Kier molecular flexibility index (Phi) is 14.9. The molecule has 1 aliphatic rings. The van der Waals surface area contributed by atoms with Gasteiger partial charge < -0.3 is 5.11 Å². The molecule has 1 N–H and O–H groups in total. The van der Waals surface area contributed by atoms with Gasteiger partial charge in [-0.2, -0.15) is 0 Å². The van der Waals surface area contributed by atoms with Crippen LogP contribution in [0.4, 0.5) is 0 Å². The first-order valence-electron chi connectivity index (χ1n) is 12.5. The number of carbonyl (C=O) groups excluding carboxylic acids is 2. The summed E-state index contributed by atoms with van der Waals surface area (Å²) < 4.78 is 0. The molecule has 1 aliphatic carbocycles. The number of carbonyl (C=O) groups is 2. The van der Waals surface area contributed by atoms with Gasteiger partial charge >= 0.3 is 0 Å². The van der Waals surface area contributed by atoms with Crippen molar-refractivity contribution in [1.82, 2.24) is 0 Å². The molecule has 0 aliphatic heterocycles. The standard InChI is InChI=1S/C26H46O3/c1-3-4-5-6-7-8-9-10-11-12-13-14-15-16-17-18-19-23(27)26-24(28)20-22(2)21-25(26)29/h22,27H,3-21H2,1-2H3. The van der Waals surface area contributed by atoms with E-state index in [-0.39, 0.29) is 28.8 Å². The first-order chi connectivity index (χ1) is 14.1. The summed E-state index contributed by atoms with van der Waals surface area (Å²) in [7, 11) is 0. The van der Waals surface area contributed by atoms with Gasteiger partial charge in [0.2, 0.25) is 0 Å². The average molecular weight is 407 g/mol. The van der Waals surface area contributed by atoms with Crippen molar-refractivity contribution < 1.29 is 14.7 Å². The van der Waals surface area contributed by atoms with Gasteiger partial charge in [0.05, 0.1) is 5.57 Å². The minimum atomic E-state index is -0.164. The van der Waals surface area contributed by atoms with E-state index < -0.39 is 0 Å². The highest BCUT2D eigenvalue weighted by Gasteiger charge is 2.30. The highest BCUT2D eigenvalue weighted by Crippen LogP contribution is 2.25. The fraction of sp³-hybridized carbons (Fsp3) is 0.846. The smallest absolute Gasteiger partial charge is 0.170 e. The van der Waals surface area contributed by atoms with Crippen molar-refractivity contribution >= 4 is 11.6 Å².